The van der Waals surface area contributed by atoms with Gasteiger partial charge in [0, 0.05) is 30.7 Å². The lowest BCUT2D eigenvalue weighted by atomic mass is 10.1. The highest BCUT2D eigenvalue weighted by molar-refractivity contribution is 9.10. The summed E-state index contributed by atoms with van der Waals surface area (Å²) in [4.78, 5) is 17.0. The first-order chi connectivity index (χ1) is 11.3. The molecule has 0 spiro atoms. The third kappa shape index (κ3) is 3.92. The summed E-state index contributed by atoms with van der Waals surface area (Å²) in [6, 6.07) is 6.31. The standard InChI is InChI=1S/C16H14BrF2N3O2/c1-3-22(2)8-10(7-20)15(23)13-4-9-5-14(24-16(18)19)11(17)6-12(9)21-13/h4-6,8,16,21H,3H2,1-2H3/b10-8+. The summed E-state index contributed by atoms with van der Waals surface area (Å²) in [6.45, 7) is -0.413. The molecule has 126 valence electrons. The molecule has 0 amide bonds. The van der Waals surface area contributed by atoms with Gasteiger partial charge in [-0.3, -0.25) is 4.79 Å². The van der Waals surface area contributed by atoms with E-state index in [0.717, 1.165) is 0 Å². The number of alkyl halides is 2. The van der Waals surface area contributed by atoms with Crippen LogP contribution in [0.2, 0.25) is 0 Å². The Morgan fingerprint density at radius 2 is 2.21 bits per heavy atom. The van der Waals surface area contributed by atoms with Gasteiger partial charge in [0.2, 0.25) is 5.78 Å². The van der Waals surface area contributed by atoms with Crippen molar-refractivity contribution in [1.82, 2.24) is 9.88 Å². The number of H-pyrrole nitrogens is 1. The Balaban J connectivity index is 2.42. The number of halogens is 3. The van der Waals surface area contributed by atoms with Crippen molar-refractivity contribution in [2.75, 3.05) is 13.6 Å². The van der Waals surface area contributed by atoms with Gasteiger partial charge in [0.1, 0.15) is 17.4 Å². The highest BCUT2D eigenvalue weighted by Gasteiger charge is 2.17. The van der Waals surface area contributed by atoms with Gasteiger partial charge in [0.05, 0.1) is 10.2 Å². The fraction of sp³-hybridized carbons (Fsp3) is 0.250. The number of benzene rings is 1. The average molecular weight is 398 g/mol. The van der Waals surface area contributed by atoms with Crippen LogP contribution in [-0.4, -0.2) is 35.9 Å². The maximum absolute atomic E-state index is 12.4. The van der Waals surface area contributed by atoms with E-state index < -0.39 is 12.4 Å². The lowest BCUT2D eigenvalue weighted by Gasteiger charge is -2.10. The Morgan fingerprint density at radius 3 is 2.79 bits per heavy atom. The summed E-state index contributed by atoms with van der Waals surface area (Å²) in [5, 5.41) is 9.70. The van der Waals surface area contributed by atoms with E-state index in [-0.39, 0.29) is 17.0 Å². The molecule has 1 N–H and O–H groups in total. The number of carbonyl (C=O) groups is 1. The molecule has 5 nitrogen and oxygen atoms in total. The molecular formula is C16H14BrF2N3O2. The van der Waals surface area contributed by atoms with Crippen LogP contribution in [0.3, 0.4) is 0 Å². The smallest absolute Gasteiger partial charge is 0.387 e. The van der Waals surface area contributed by atoms with Crippen LogP contribution in [0.15, 0.2) is 34.4 Å². The molecule has 1 heterocycles. The largest absolute Gasteiger partial charge is 0.434 e. The number of allylic oxidation sites excluding steroid dienone is 1. The van der Waals surface area contributed by atoms with Crippen molar-refractivity contribution in [1.29, 1.82) is 5.26 Å². The molecule has 1 aromatic heterocycles. The molecule has 0 atom stereocenters. The molecule has 0 aliphatic heterocycles. The fourth-order valence-electron chi connectivity index (χ4n) is 2.04. The lowest BCUT2D eigenvalue weighted by Crippen LogP contribution is -2.13. The first kappa shape index (κ1) is 17.9. The number of hydrogen-bond donors (Lipinski definition) is 1. The number of ketones is 1. The minimum absolute atomic E-state index is 0.0194. The van der Waals surface area contributed by atoms with Gasteiger partial charge in [0.15, 0.2) is 0 Å². The van der Waals surface area contributed by atoms with E-state index in [1.54, 1.807) is 11.9 Å². The molecule has 2 rings (SSSR count). The molecule has 0 aliphatic carbocycles. The van der Waals surface area contributed by atoms with Crippen molar-refractivity contribution in [2.24, 2.45) is 0 Å². The molecule has 0 saturated heterocycles. The van der Waals surface area contributed by atoms with Gasteiger partial charge in [0.25, 0.3) is 0 Å². The molecule has 0 bridgehead atoms. The zero-order chi connectivity index (χ0) is 17.9. The number of nitriles is 1. The molecule has 8 heteroatoms. The van der Waals surface area contributed by atoms with Gasteiger partial charge in [-0.25, -0.2) is 0 Å². The van der Waals surface area contributed by atoms with Gasteiger partial charge in [-0.2, -0.15) is 14.0 Å². The van der Waals surface area contributed by atoms with Crippen molar-refractivity contribution in [3.8, 4) is 11.8 Å². The van der Waals surface area contributed by atoms with Gasteiger partial charge < -0.3 is 14.6 Å². The van der Waals surface area contributed by atoms with Crippen LogP contribution in [0.1, 0.15) is 17.4 Å². The fourth-order valence-corrected chi connectivity index (χ4v) is 2.47. The Bertz CT molecular complexity index is 840. The molecule has 0 fully saturated rings. The second-order valence-corrected chi connectivity index (χ2v) is 5.84. The Hall–Kier alpha value is -2.40. The highest BCUT2D eigenvalue weighted by Crippen LogP contribution is 2.32. The maximum Gasteiger partial charge on any atom is 0.387 e. The summed E-state index contributed by atoms with van der Waals surface area (Å²) < 4.78 is 29.5. The molecule has 24 heavy (non-hydrogen) atoms. The van der Waals surface area contributed by atoms with E-state index >= 15 is 0 Å². The van der Waals surface area contributed by atoms with Gasteiger partial charge in [-0.15, -0.1) is 0 Å². The topological polar surface area (TPSA) is 69.1 Å². The average Bonchev–Trinajstić information content (AvgIpc) is 2.94. The quantitative estimate of drug-likeness (QED) is 0.453. The number of ether oxygens (including phenoxy) is 1. The Kier molecular flexibility index (Phi) is 5.57. The van der Waals surface area contributed by atoms with Crippen molar-refractivity contribution < 1.29 is 18.3 Å². The minimum atomic E-state index is -2.95. The van der Waals surface area contributed by atoms with Crippen LogP contribution >= 0.6 is 15.9 Å². The normalized spacial score (nSPS) is 11.6. The van der Waals surface area contributed by atoms with Crippen LogP contribution in [0.25, 0.3) is 10.9 Å². The molecular weight excluding hydrogens is 384 g/mol. The monoisotopic (exact) mass is 397 g/mol. The molecule has 0 saturated carbocycles. The molecule has 0 aliphatic rings. The predicted octanol–water partition coefficient (Wildman–Crippen LogP) is 4.07. The van der Waals surface area contributed by atoms with Gasteiger partial charge >= 0.3 is 6.61 Å². The second kappa shape index (κ2) is 7.45. The summed E-state index contributed by atoms with van der Waals surface area (Å²) in [5.74, 6) is -0.501. The summed E-state index contributed by atoms with van der Waals surface area (Å²) in [7, 11) is 1.75. The van der Waals surface area contributed by atoms with Crippen LogP contribution in [0.5, 0.6) is 5.75 Å². The van der Waals surface area contributed by atoms with E-state index in [2.05, 4.69) is 25.7 Å². The zero-order valence-corrected chi connectivity index (χ0v) is 14.5. The van der Waals surface area contributed by atoms with E-state index in [4.69, 9.17) is 0 Å². The van der Waals surface area contributed by atoms with E-state index in [0.29, 0.717) is 21.9 Å². The van der Waals surface area contributed by atoms with Gasteiger partial charge in [-0.1, -0.05) is 0 Å². The van der Waals surface area contributed by atoms with E-state index in [9.17, 15) is 18.8 Å². The van der Waals surface area contributed by atoms with Crippen LogP contribution in [0.4, 0.5) is 8.78 Å². The Morgan fingerprint density at radius 1 is 1.50 bits per heavy atom. The van der Waals surface area contributed by atoms with Crippen molar-refractivity contribution >= 4 is 32.6 Å². The number of rotatable bonds is 6. The summed E-state index contributed by atoms with van der Waals surface area (Å²) in [5.41, 5.74) is 0.741. The number of fused-ring (bicyclic) bond motifs is 1. The SMILES string of the molecule is CCN(C)/C=C(\C#N)C(=O)c1cc2cc(OC(F)F)c(Br)cc2[nH]1. The van der Waals surface area contributed by atoms with Crippen LogP contribution < -0.4 is 4.74 Å². The maximum atomic E-state index is 12.4. The number of carbonyl (C=O) groups excluding carboxylic acids is 1. The zero-order valence-electron chi connectivity index (χ0n) is 12.9. The number of hydrogen-bond acceptors (Lipinski definition) is 4. The highest BCUT2D eigenvalue weighted by atomic mass is 79.9. The molecule has 0 radical (unpaired) electrons. The number of Topliss-reactive ketones (excluding diaryl/α,β-unsaturated/α-hetero) is 1. The van der Waals surface area contributed by atoms with Crippen LogP contribution in [-0.2, 0) is 0 Å². The number of aromatic nitrogens is 1. The molecule has 0 unspecified atom stereocenters. The van der Waals surface area contributed by atoms with Crippen molar-refractivity contribution in [3.05, 3.63) is 40.1 Å². The van der Waals surface area contributed by atoms with E-state index in [1.165, 1.54) is 24.4 Å². The second-order valence-electron chi connectivity index (χ2n) is 4.99. The number of nitrogens with zero attached hydrogens (tertiary/aromatic N) is 2. The lowest BCUT2D eigenvalue weighted by molar-refractivity contribution is -0.0502. The number of aromatic amines is 1. The predicted molar refractivity (Wildman–Crippen MR) is 89.0 cm³/mol. The first-order valence-electron chi connectivity index (χ1n) is 6.99. The summed E-state index contributed by atoms with van der Waals surface area (Å²) in [6.07, 6.45) is 1.47. The first-order valence-corrected chi connectivity index (χ1v) is 7.79. The third-order valence-corrected chi connectivity index (χ3v) is 3.97. The summed E-state index contributed by atoms with van der Waals surface area (Å²) >= 11 is 3.14. The van der Waals surface area contributed by atoms with Crippen molar-refractivity contribution in [2.45, 2.75) is 13.5 Å². The minimum Gasteiger partial charge on any atom is -0.434 e. The van der Waals surface area contributed by atoms with E-state index in [1.807, 2.05) is 13.0 Å². The molecule has 2 aromatic rings. The van der Waals surface area contributed by atoms with Crippen molar-refractivity contribution in [3.63, 3.8) is 0 Å². The number of nitrogens with one attached hydrogen (secondary N) is 1. The van der Waals surface area contributed by atoms with Crippen LogP contribution in [0, 0.1) is 11.3 Å². The third-order valence-electron chi connectivity index (χ3n) is 3.35. The molecule has 1 aromatic carbocycles. The van der Waals surface area contributed by atoms with Gasteiger partial charge in [-0.05, 0) is 41.1 Å². The Labute approximate surface area is 145 Å².